The monoisotopic (exact) mass is 489 g/mol. The van der Waals surface area contributed by atoms with Crippen LogP contribution in [0.25, 0.3) is 0 Å². The first-order valence-electron chi connectivity index (χ1n) is 8.79. The summed E-state index contributed by atoms with van der Waals surface area (Å²) < 4.78 is 21.8. The summed E-state index contributed by atoms with van der Waals surface area (Å²) in [7, 11) is 0. The summed E-state index contributed by atoms with van der Waals surface area (Å²) >= 11 is 0. The number of nitrogens with zero attached hydrogens (tertiary/aromatic N) is 1. The number of guanidine groups is 1. The molecule has 0 aliphatic carbocycles. The largest absolute Gasteiger partial charge is 0.494 e. The van der Waals surface area contributed by atoms with Crippen LogP contribution < -0.4 is 20.5 Å². The van der Waals surface area contributed by atoms with Gasteiger partial charge in [-0.15, -0.1) is 24.0 Å². The van der Waals surface area contributed by atoms with Crippen LogP contribution in [0.4, 0.5) is 5.69 Å². The van der Waals surface area contributed by atoms with E-state index in [2.05, 4.69) is 10.3 Å². The molecule has 2 rings (SSSR count). The Kier molecular flexibility index (Phi) is 11.3. The van der Waals surface area contributed by atoms with Gasteiger partial charge in [-0.25, -0.2) is 0 Å². The highest BCUT2D eigenvalue weighted by atomic mass is 127. The molecule has 150 valence electrons. The predicted molar refractivity (Wildman–Crippen MR) is 117 cm³/mol. The Morgan fingerprint density at radius 3 is 2.70 bits per heavy atom. The molecule has 0 atom stereocenters. The third kappa shape index (κ3) is 8.53. The minimum Gasteiger partial charge on any atom is -0.494 e. The number of halogens is 1. The molecule has 1 heterocycles. The Labute approximate surface area is 177 Å². The van der Waals surface area contributed by atoms with Crippen LogP contribution in [0, 0.1) is 0 Å². The maximum atomic E-state index is 5.97. The van der Waals surface area contributed by atoms with Crippen molar-refractivity contribution < 1.29 is 18.6 Å². The van der Waals surface area contributed by atoms with Gasteiger partial charge in [0.15, 0.2) is 5.96 Å². The van der Waals surface area contributed by atoms with Gasteiger partial charge < -0.3 is 29.7 Å². The van der Waals surface area contributed by atoms with Crippen LogP contribution in [0.5, 0.6) is 11.5 Å². The number of rotatable bonds is 11. The summed E-state index contributed by atoms with van der Waals surface area (Å²) in [6.45, 7) is 6.63. The van der Waals surface area contributed by atoms with E-state index in [0.29, 0.717) is 44.7 Å². The fraction of sp³-hybridized carbons (Fsp3) is 0.421. The molecular formula is C19H28IN3O4. The molecular weight excluding hydrogens is 461 g/mol. The standard InChI is InChI=1S/C19H27N3O4.HI/c1-3-24-15-8-9-18(25-4-2)17(13-15)22-19(20)21-10-6-11-23-14-16-7-5-12-26-16;/h5,7-9,12-13H,3-4,6,10-11,14H2,1-2H3,(H3,20,21,22);1H. The summed E-state index contributed by atoms with van der Waals surface area (Å²) in [5, 5.41) is 3.07. The lowest BCUT2D eigenvalue weighted by Gasteiger charge is -2.14. The smallest absolute Gasteiger partial charge is 0.193 e. The van der Waals surface area contributed by atoms with Gasteiger partial charge in [0.1, 0.15) is 23.9 Å². The van der Waals surface area contributed by atoms with Crippen molar-refractivity contribution in [2.75, 3.05) is 31.7 Å². The Morgan fingerprint density at radius 1 is 1.19 bits per heavy atom. The summed E-state index contributed by atoms with van der Waals surface area (Å²) in [5.74, 6) is 2.59. The fourth-order valence-corrected chi connectivity index (χ4v) is 2.26. The molecule has 0 radical (unpaired) electrons. The highest BCUT2D eigenvalue weighted by Gasteiger charge is 2.07. The highest BCUT2D eigenvalue weighted by molar-refractivity contribution is 14.0. The molecule has 0 bridgehead atoms. The van der Waals surface area contributed by atoms with Gasteiger partial charge in [-0.2, -0.15) is 0 Å². The average Bonchev–Trinajstić information content (AvgIpc) is 3.14. The molecule has 0 saturated carbocycles. The summed E-state index contributed by atoms with van der Waals surface area (Å²) in [6, 6.07) is 9.29. The summed E-state index contributed by atoms with van der Waals surface area (Å²) in [6.07, 6.45) is 2.40. The SMILES string of the molecule is CCOc1ccc(OCC)c(NC(N)=NCCCOCc2ccco2)c1.I. The summed E-state index contributed by atoms with van der Waals surface area (Å²) in [4.78, 5) is 4.31. The van der Waals surface area contributed by atoms with Crippen LogP contribution in [0.2, 0.25) is 0 Å². The van der Waals surface area contributed by atoms with Gasteiger partial charge in [0.2, 0.25) is 0 Å². The molecule has 7 nitrogen and oxygen atoms in total. The molecule has 0 aliphatic rings. The molecule has 0 aliphatic heterocycles. The van der Waals surface area contributed by atoms with Crippen LogP contribution in [0.3, 0.4) is 0 Å². The van der Waals surface area contributed by atoms with Crippen molar-refractivity contribution in [2.24, 2.45) is 10.7 Å². The number of aliphatic imine (C=N–C) groups is 1. The Hall–Kier alpha value is -1.94. The number of hydrogen-bond donors (Lipinski definition) is 2. The van der Waals surface area contributed by atoms with E-state index in [1.54, 1.807) is 6.26 Å². The number of ether oxygens (including phenoxy) is 3. The van der Waals surface area contributed by atoms with E-state index in [1.165, 1.54) is 0 Å². The quantitative estimate of drug-likeness (QED) is 0.214. The van der Waals surface area contributed by atoms with Crippen LogP contribution in [-0.2, 0) is 11.3 Å². The van der Waals surface area contributed by atoms with Crippen molar-refractivity contribution in [3.63, 3.8) is 0 Å². The fourth-order valence-electron chi connectivity index (χ4n) is 2.26. The van der Waals surface area contributed by atoms with Gasteiger partial charge in [-0.1, -0.05) is 0 Å². The normalized spacial score (nSPS) is 11.0. The molecule has 8 heteroatoms. The van der Waals surface area contributed by atoms with E-state index >= 15 is 0 Å². The summed E-state index contributed by atoms with van der Waals surface area (Å²) in [5.41, 5.74) is 6.70. The van der Waals surface area contributed by atoms with Crippen molar-refractivity contribution in [3.05, 3.63) is 42.4 Å². The first-order valence-corrected chi connectivity index (χ1v) is 8.79. The van der Waals surface area contributed by atoms with Crippen LogP contribution in [-0.4, -0.2) is 32.3 Å². The maximum absolute atomic E-state index is 5.97. The van der Waals surface area contributed by atoms with Gasteiger partial charge in [-0.05, 0) is 44.5 Å². The Morgan fingerprint density at radius 2 is 2.00 bits per heavy atom. The lowest BCUT2D eigenvalue weighted by atomic mass is 10.2. The zero-order valence-electron chi connectivity index (χ0n) is 15.8. The molecule has 3 N–H and O–H groups in total. The minimum absolute atomic E-state index is 0. The van der Waals surface area contributed by atoms with Crippen molar-refractivity contribution >= 4 is 35.6 Å². The third-order valence-corrected chi connectivity index (χ3v) is 3.38. The Bertz CT molecular complexity index is 678. The van der Waals surface area contributed by atoms with Gasteiger partial charge in [0, 0.05) is 19.2 Å². The van der Waals surface area contributed by atoms with Crippen molar-refractivity contribution in [1.82, 2.24) is 0 Å². The molecule has 2 aromatic rings. The van der Waals surface area contributed by atoms with E-state index in [9.17, 15) is 0 Å². The zero-order chi connectivity index (χ0) is 18.6. The molecule has 1 aromatic carbocycles. The predicted octanol–water partition coefficient (Wildman–Crippen LogP) is 4.03. The van der Waals surface area contributed by atoms with Crippen molar-refractivity contribution in [2.45, 2.75) is 26.9 Å². The van der Waals surface area contributed by atoms with Gasteiger partial charge in [0.05, 0.1) is 25.2 Å². The number of hydrogen-bond acceptors (Lipinski definition) is 5. The minimum atomic E-state index is 0. The topological polar surface area (TPSA) is 91.2 Å². The molecule has 0 spiro atoms. The molecule has 27 heavy (non-hydrogen) atoms. The second kappa shape index (κ2) is 13.3. The molecule has 0 saturated heterocycles. The number of nitrogens with one attached hydrogen (secondary N) is 1. The van der Waals surface area contributed by atoms with Crippen LogP contribution in [0.15, 0.2) is 46.0 Å². The van der Waals surface area contributed by atoms with Crippen LogP contribution in [0.1, 0.15) is 26.0 Å². The third-order valence-electron chi connectivity index (χ3n) is 3.38. The molecule has 0 fully saturated rings. The van der Waals surface area contributed by atoms with E-state index in [-0.39, 0.29) is 24.0 Å². The molecule has 1 aromatic heterocycles. The van der Waals surface area contributed by atoms with Gasteiger partial charge in [-0.3, -0.25) is 4.99 Å². The van der Waals surface area contributed by atoms with Crippen LogP contribution >= 0.6 is 24.0 Å². The van der Waals surface area contributed by atoms with Gasteiger partial charge >= 0.3 is 0 Å². The second-order valence-electron chi connectivity index (χ2n) is 5.40. The van der Waals surface area contributed by atoms with E-state index in [4.69, 9.17) is 24.4 Å². The first-order chi connectivity index (χ1) is 12.7. The van der Waals surface area contributed by atoms with Crippen molar-refractivity contribution in [1.29, 1.82) is 0 Å². The number of benzene rings is 1. The number of furan rings is 1. The average molecular weight is 489 g/mol. The van der Waals surface area contributed by atoms with E-state index < -0.39 is 0 Å². The Balaban J connectivity index is 0.00000364. The number of anilines is 1. The second-order valence-corrected chi connectivity index (χ2v) is 5.40. The lowest BCUT2D eigenvalue weighted by molar-refractivity contribution is 0.105. The maximum Gasteiger partial charge on any atom is 0.193 e. The lowest BCUT2D eigenvalue weighted by Crippen LogP contribution is -2.23. The zero-order valence-corrected chi connectivity index (χ0v) is 18.1. The van der Waals surface area contributed by atoms with Crippen molar-refractivity contribution in [3.8, 4) is 11.5 Å². The molecule has 0 amide bonds. The van der Waals surface area contributed by atoms with E-state index in [0.717, 1.165) is 23.6 Å². The first kappa shape index (κ1) is 23.1. The highest BCUT2D eigenvalue weighted by Crippen LogP contribution is 2.29. The number of nitrogens with two attached hydrogens (primary N) is 1. The molecule has 0 unspecified atom stereocenters. The van der Waals surface area contributed by atoms with E-state index in [1.807, 2.05) is 44.2 Å². The van der Waals surface area contributed by atoms with Gasteiger partial charge in [0.25, 0.3) is 0 Å².